The number of anilines is 1. The molecule has 2 aromatic carbocycles. The van der Waals surface area contributed by atoms with Gasteiger partial charge in [-0.3, -0.25) is 14.7 Å². The fourth-order valence-electron chi connectivity index (χ4n) is 5.60. The Labute approximate surface area is 234 Å². The van der Waals surface area contributed by atoms with Gasteiger partial charge >= 0.3 is 0 Å². The van der Waals surface area contributed by atoms with Crippen LogP contribution < -0.4 is 4.90 Å². The van der Waals surface area contributed by atoms with Crippen molar-refractivity contribution in [2.24, 2.45) is 4.99 Å². The van der Waals surface area contributed by atoms with Gasteiger partial charge < -0.3 is 14.5 Å². The number of thioether (sulfide) groups is 1. The van der Waals surface area contributed by atoms with E-state index in [0.29, 0.717) is 24.2 Å². The van der Waals surface area contributed by atoms with Crippen molar-refractivity contribution in [3.8, 4) is 11.1 Å². The zero-order valence-corrected chi connectivity index (χ0v) is 23.7. The van der Waals surface area contributed by atoms with Gasteiger partial charge in [-0.2, -0.15) is 4.99 Å². The summed E-state index contributed by atoms with van der Waals surface area (Å²) in [6.07, 6.45) is 3.83. The maximum atomic E-state index is 12.7. The molecule has 0 saturated carbocycles. The first-order valence-electron chi connectivity index (χ1n) is 13.8. The van der Waals surface area contributed by atoms with Crippen LogP contribution in [0.1, 0.15) is 25.0 Å². The average Bonchev–Trinajstić information content (AvgIpc) is 3.33. The summed E-state index contributed by atoms with van der Waals surface area (Å²) in [5, 5.41) is 1.85. The molecule has 1 amide bonds. The second-order valence-corrected chi connectivity index (χ2v) is 11.7. The second-order valence-electron chi connectivity index (χ2n) is 10.7. The van der Waals surface area contributed by atoms with E-state index < -0.39 is 0 Å². The van der Waals surface area contributed by atoms with E-state index >= 15 is 0 Å². The van der Waals surface area contributed by atoms with E-state index in [-0.39, 0.29) is 5.91 Å². The van der Waals surface area contributed by atoms with E-state index in [2.05, 4.69) is 75.8 Å². The van der Waals surface area contributed by atoms with Gasteiger partial charge in [-0.15, -0.1) is 0 Å². The molecule has 2 fully saturated rings. The van der Waals surface area contributed by atoms with E-state index in [0.717, 1.165) is 66.5 Å². The van der Waals surface area contributed by atoms with Crippen LogP contribution in [0.4, 0.5) is 5.69 Å². The molecule has 3 aromatic rings. The first-order valence-corrected chi connectivity index (χ1v) is 14.6. The number of benzene rings is 2. The third-order valence-corrected chi connectivity index (χ3v) is 8.89. The lowest BCUT2D eigenvalue weighted by atomic mass is 9.97. The molecule has 0 N–H and O–H groups in total. The van der Waals surface area contributed by atoms with Crippen LogP contribution in [0.3, 0.4) is 0 Å². The lowest BCUT2D eigenvalue weighted by Crippen LogP contribution is -2.49. The quantitative estimate of drug-likeness (QED) is 0.429. The molecular weight excluding hydrogens is 506 g/mol. The third kappa shape index (κ3) is 5.46. The van der Waals surface area contributed by atoms with Crippen LogP contribution >= 0.6 is 11.8 Å². The highest BCUT2D eigenvalue weighted by atomic mass is 32.2. The van der Waals surface area contributed by atoms with Crippen LogP contribution in [0.15, 0.2) is 58.6 Å². The van der Waals surface area contributed by atoms with Gasteiger partial charge in [-0.05, 0) is 91.2 Å². The van der Waals surface area contributed by atoms with Gasteiger partial charge in [0, 0.05) is 62.6 Å². The number of amidine groups is 1. The number of piperazine rings is 1. The molecule has 3 aliphatic heterocycles. The van der Waals surface area contributed by atoms with Gasteiger partial charge in [0.1, 0.15) is 0 Å². The Balaban J connectivity index is 1.25. The molecule has 3 aliphatic rings. The van der Waals surface area contributed by atoms with Crippen molar-refractivity contribution >= 4 is 45.5 Å². The Morgan fingerprint density at radius 2 is 1.74 bits per heavy atom. The molecule has 0 unspecified atom stereocenters. The highest BCUT2D eigenvalue weighted by Gasteiger charge is 2.27. The number of nitrogens with zero attached hydrogens (tertiary/aromatic N) is 5. The number of pyridine rings is 1. The minimum Gasteiger partial charge on any atom is -0.378 e. The van der Waals surface area contributed by atoms with Crippen LogP contribution in [0.25, 0.3) is 28.1 Å². The Kier molecular flexibility index (Phi) is 7.42. The number of carbonyl (C=O) groups is 1. The van der Waals surface area contributed by atoms with Crippen LogP contribution in [-0.4, -0.2) is 84.4 Å². The SMILES string of the molecule is Cc1cc(-c2ccnc3ccc(C=C4SC(N5CCOCC5)=NC4=O)cc23)ccc1N1CCN(C(C)C)CC1. The normalized spacial score (nSPS) is 19.9. The number of fused-ring (bicyclic) bond motifs is 1. The van der Waals surface area contributed by atoms with Gasteiger partial charge in [0.15, 0.2) is 5.17 Å². The summed E-state index contributed by atoms with van der Waals surface area (Å²) >= 11 is 1.45. The van der Waals surface area contributed by atoms with Crippen LogP contribution in [0.2, 0.25) is 0 Å². The molecule has 202 valence electrons. The fraction of sp³-hybridized carbons (Fsp3) is 0.387. The highest BCUT2D eigenvalue weighted by molar-refractivity contribution is 8.18. The predicted octanol–water partition coefficient (Wildman–Crippen LogP) is 5.04. The Hall–Kier alpha value is -3.20. The van der Waals surface area contributed by atoms with E-state index in [9.17, 15) is 4.79 Å². The molecule has 8 heteroatoms. The molecule has 6 rings (SSSR count). The monoisotopic (exact) mass is 541 g/mol. The van der Waals surface area contributed by atoms with Crippen molar-refractivity contribution in [1.29, 1.82) is 0 Å². The second kappa shape index (κ2) is 11.1. The maximum Gasteiger partial charge on any atom is 0.286 e. The van der Waals surface area contributed by atoms with Gasteiger partial charge in [0.2, 0.25) is 0 Å². The molecule has 39 heavy (non-hydrogen) atoms. The van der Waals surface area contributed by atoms with Gasteiger partial charge in [0.05, 0.1) is 23.6 Å². The lowest BCUT2D eigenvalue weighted by molar-refractivity contribution is -0.113. The summed E-state index contributed by atoms with van der Waals surface area (Å²) in [6.45, 7) is 14.0. The largest absolute Gasteiger partial charge is 0.378 e. The number of aromatic nitrogens is 1. The van der Waals surface area contributed by atoms with E-state index in [1.165, 1.54) is 28.6 Å². The van der Waals surface area contributed by atoms with Crippen LogP contribution in [0, 0.1) is 6.92 Å². The number of amides is 1. The molecule has 0 radical (unpaired) electrons. The first kappa shape index (κ1) is 26.0. The Bertz CT molecular complexity index is 1450. The predicted molar refractivity (Wildman–Crippen MR) is 161 cm³/mol. The number of rotatable bonds is 4. The van der Waals surface area contributed by atoms with Crippen molar-refractivity contribution in [2.45, 2.75) is 26.8 Å². The molecular formula is C31H35N5O2S. The lowest BCUT2D eigenvalue weighted by Gasteiger charge is -2.38. The molecule has 1 aromatic heterocycles. The van der Waals surface area contributed by atoms with E-state index in [1.807, 2.05) is 24.4 Å². The van der Waals surface area contributed by atoms with Crippen LogP contribution in [-0.2, 0) is 9.53 Å². The van der Waals surface area contributed by atoms with Gasteiger partial charge in [0.25, 0.3) is 5.91 Å². The summed E-state index contributed by atoms with van der Waals surface area (Å²) in [5.74, 6) is -0.173. The highest BCUT2D eigenvalue weighted by Crippen LogP contribution is 2.34. The zero-order chi connectivity index (χ0) is 26.9. The standard InChI is InChI=1S/C31H35N5O2S/c1-21(2)34-10-12-35(13-11-34)28-7-5-24(18-22(28)3)25-8-9-32-27-6-4-23(19-26(25)27)20-29-30(37)33-31(39-29)36-14-16-38-17-15-36/h4-9,18-21H,10-17H2,1-3H3. The van der Waals surface area contributed by atoms with Crippen molar-refractivity contribution in [3.05, 3.63) is 64.7 Å². The summed E-state index contributed by atoms with van der Waals surface area (Å²) < 4.78 is 5.44. The Morgan fingerprint density at radius 1 is 0.949 bits per heavy atom. The summed E-state index contributed by atoms with van der Waals surface area (Å²) in [5.41, 5.74) is 6.85. The van der Waals surface area contributed by atoms with Crippen LogP contribution in [0.5, 0.6) is 0 Å². The van der Waals surface area contributed by atoms with Crippen molar-refractivity contribution in [1.82, 2.24) is 14.8 Å². The van der Waals surface area contributed by atoms with Gasteiger partial charge in [-0.1, -0.05) is 12.1 Å². The number of ether oxygens (including phenoxy) is 1. The maximum absolute atomic E-state index is 12.7. The molecule has 0 bridgehead atoms. The summed E-state index contributed by atoms with van der Waals surface area (Å²) in [4.78, 5) is 29.4. The zero-order valence-electron chi connectivity index (χ0n) is 22.9. The smallest absolute Gasteiger partial charge is 0.286 e. The minimum atomic E-state index is -0.173. The van der Waals surface area contributed by atoms with E-state index in [4.69, 9.17) is 4.74 Å². The topological polar surface area (TPSA) is 61.3 Å². The number of carbonyl (C=O) groups excluding carboxylic acids is 1. The molecule has 4 heterocycles. The van der Waals surface area contributed by atoms with Crippen molar-refractivity contribution < 1.29 is 9.53 Å². The van der Waals surface area contributed by atoms with Crippen molar-refractivity contribution in [3.63, 3.8) is 0 Å². The minimum absolute atomic E-state index is 0.173. The van der Waals surface area contributed by atoms with Gasteiger partial charge in [-0.25, -0.2) is 0 Å². The average molecular weight is 542 g/mol. The van der Waals surface area contributed by atoms with Crippen molar-refractivity contribution in [2.75, 3.05) is 57.4 Å². The Morgan fingerprint density at radius 3 is 2.49 bits per heavy atom. The molecule has 0 aliphatic carbocycles. The molecule has 2 saturated heterocycles. The summed E-state index contributed by atoms with van der Waals surface area (Å²) in [7, 11) is 0. The summed E-state index contributed by atoms with van der Waals surface area (Å²) in [6, 6.07) is 15.7. The first-order chi connectivity index (χ1) is 19.0. The molecule has 0 atom stereocenters. The molecule has 0 spiro atoms. The number of hydrogen-bond donors (Lipinski definition) is 0. The number of hydrogen-bond acceptors (Lipinski definition) is 7. The molecule has 7 nitrogen and oxygen atoms in total. The number of morpholine rings is 1. The van der Waals surface area contributed by atoms with E-state index in [1.54, 1.807) is 0 Å². The number of aryl methyl sites for hydroxylation is 1. The third-order valence-electron chi connectivity index (χ3n) is 7.85. The fourth-order valence-corrected chi connectivity index (χ4v) is 6.57. The number of aliphatic imine (C=N–C) groups is 1.